The Morgan fingerprint density at radius 3 is 2.86 bits per heavy atom. The number of rotatable bonds is 7. The van der Waals surface area contributed by atoms with Crippen LogP contribution in [0.4, 0.5) is 4.39 Å². The van der Waals surface area contributed by atoms with Gasteiger partial charge in [0.05, 0.1) is 0 Å². The molecule has 0 aliphatic carbocycles. The molecule has 1 aromatic heterocycles. The fraction of sp³-hybridized carbons (Fsp3) is 0.353. The first-order chi connectivity index (χ1) is 10.2. The molecule has 4 heteroatoms. The van der Waals surface area contributed by atoms with Crippen LogP contribution in [0, 0.1) is 5.82 Å². The molecule has 0 amide bonds. The van der Waals surface area contributed by atoms with Gasteiger partial charge in [0.1, 0.15) is 5.82 Å². The molecule has 21 heavy (non-hydrogen) atoms. The molecular weight excluding hydrogens is 331 g/mol. The Hall–Kier alpha value is -1.26. The Labute approximate surface area is 133 Å². The maximum atomic E-state index is 13.5. The van der Waals surface area contributed by atoms with E-state index in [2.05, 4.69) is 39.2 Å². The molecule has 2 rings (SSSR count). The molecular formula is C17H20BrFN2. The van der Waals surface area contributed by atoms with E-state index in [1.807, 2.05) is 12.3 Å². The van der Waals surface area contributed by atoms with E-state index in [1.165, 1.54) is 6.07 Å². The summed E-state index contributed by atoms with van der Waals surface area (Å²) in [5.74, 6) is 0.0590. The van der Waals surface area contributed by atoms with Crippen LogP contribution in [0.3, 0.4) is 0 Å². The number of halogens is 2. The summed E-state index contributed by atoms with van der Waals surface area (Å²) in [6.07, 6.45) is 5.58. The van der Waals surface area contributed by atoms with E-state index in [4.69, 9.17) is 0 Å². The highest BCUT2D eigenvalue weighted by molar-refractivity contribution is 9.10. The van der Waals surface area contributed by atoms with E-state index in [0.717, 1.165) is 41.5 Å². The van der Waals surface area contributed by atoms with Crippen molar-refractivity contribution in [1.29, 1.82) is 0 Å². The van der Waals surface area contributed by atoms with Crippen molar-refractivity contribution in [1.82, 2.24) is 10.3 Å². The van der Waals surface area contributed by atoms with Crippen LogP contribution in [0.25, 0.3) is 0 Å². The molecule has 0 aliphatic heterocycles. The van der Waals surface area contributed by atoms with Crippen molar-refractivity contribution in [3.8, 4) is 0 Å². The van der Waals surface area contributed by atoms with E-state index >= 15 is 0 Å². The van der Waals surface area contributed by atoms with Gasteiger partial charge >= 0.3 is 0 Å². The monoisotopic (exact) mass is 350 g/mol. The fourth-order valence-corrected chi connectivity index (χ4v) is 2.79. The Morgan fingerprint density at radius 1 is 1.29 bits per heavy atom. The lowest BCUT2D eigenvalue weighted by Crippen LogP contribution is -2.23. The maximum Gasteiger partial charge on any atom is 0.123 e. The molecule has 2 nitrogen and oxygen atoms in total. The number of hydrogen-bond acceptors (Lipinski definition) is 2. The molecule has 0 bridgehead atoms. The van der Waals surface area contributed by atoms with Crippen LogP contribution >= 0.6 is 15.9 Å². The quantitative estimate of drug-likeness (QED) is 0.752. The number of nitrogens with zero attached hydrogens (tertiary/aromatic N) is 1. The molecule has 1 unspecified atom stereocenters. The molecule has 0 radical (unpaired) electrons. The zero-order chi connectivity index (χ0) is 15.1. The van der Waals surface area contributed by atoms with E-state index in [-0.39, 0.29) is 11.7 Å². The number of nitrogens with one attached hydrogen (secondary N) is 1. The summed E-state index contributed by atoms with van der Waals surface area (Å²) in [4.78, 5) is 4.20. The Bertz CT molecular complexity index is 574. The topological polar surface area (TPSA) is 24.9 Å². The van der Waals surface area contributed by atoms with Crippen molar-refractivity contribution < 1.29 is 4.39 Å². The lowest BCUT2D eigenvalue weighted by Gasteiger charge is -2.18. The predicted octanol–water partition coefficient (Wildman–Crippen LogP) is 4.31. The third-order valence-electron chi connectivity index (χ3n) is 3.38. The van der Waals surface area contributed by atoms with Crippen molar-refractivity contribution in [2.75, 3.05) is 13.1 Å². The van der Waals surface area contributed by atoms with Crippen molar-refractivity contribution in [2.24, 2.45) is 0 Å². The van der Waals surface area contributed by atoms with Gasteiger partial charge in [0.25, 0.3) is 0 Å². The number of pyridine rings is 1. The van der Waals surface area contributed by atoms with Gasteiger partial charge in [-0.2, -0.15) is 0 Å². The minimum atomic E-state index is -0.180. The first-order valence-corrected chi connectivity index (χ1v) is 8.04. The molecule has 112 valence electrons. The Balaban J connectivity index is 2.15. The first kappa shape index (κ1) is 16.1. The fourth-order valence-electron chi connectivity index (χ4n) is 2.37. The summed E-state index contributed by atoms with van der Waals surface area (Å²) in [5, 5.41) is 3.43. The number of benzene rings is 1. The van der Waals surface area contributed by atoms with Crippen molar-refractivity contribution >= 4 is 15.9 Å². The molecule has 1 N–H and O–H groups in total. The van der Waals surface area contributed by atoms with E-state index < -0.39 is 0 Å². The SMILES string of the molecule is CCCNCC(Cc1cncc(Br)c1)c1cccc(F)c1. The first-order valence-electron chi connectivity index (χ1n) is 7.24. The van der Waals surface area contributed by atoms with Gasteiger partial charge in [-0.1, -0.05) is 19.1 Å². The third kappa shape index (κ3) is 5.21. The molecule has 0 aliphatic rings. The van der Waals surface area contributed by atoms with Crippen LogP contribution in [0.1, 0.15) is 30.4 Å². The third-order valence-corrected chi connectivity index (χ3v) is 3.81. The van der Waals surface area contributed by atoms with E-state index in [0.29, 0.717) is 0 Å². The summed E-state index contributed by atoms with van der Waals surface area (Å²) in [6.45, 7) is 3.95. The number of hydrogen-bond donors (Lipinski definition) is 1. The van der Waals surface area contributed by atoms with Crippen LogP contribution in [0.15, 0.2) is 47.2 Å². The molecule has 0 fully saturated rings. The Morgan fingerprint density at radius 2 is 2.14 bits per heavy atom. The molecule has 2 aromatic rings. The summed E-state index contributed by atoms with van der Waals surface area (Å²) < 4.78 is 14.5. The van der Waals surface area contributed by atoms with E-state index in [9.17, 15) is 4.39 Å². The average molecular weight is 351 g/mol. The highest BCUT2D eigenvalue weighted by Gasteiger charge is 2.13. The second-order valence-electron chi connectivity index (χ2n) is 5.17. The lowest BCUT2D eigenvalue weighted by atomic mass is 9.92. The molecule has 0 saturated heterocycles. The highest BCUT2D eigenvalue weighted by Crippen LogP contribution is 2.22. The smallest absolute Gasteiger partial charge is 0.123 e. The van der Waals surface area contributed by atoms with Gasteiger partial charge < -0.3 is 5.32 Å². The second-order valence-corrected chi connectivity index (χ2v) is 6.09. The summed E-state index contributed by atoms with van der Waals surface area (Å²) >= 11 is 3.45. The van der Waals surface area contributed by atoms with Crippen LogP contribution in [0.2, 0.25) is 0 Å². The molecule has 1 atom stereocenters. The largest absolute Gasteiger partial charge is 0.316 e. The van der Waals surface area contributed by atoms with Crippen molar-refractivity contribution in [3.05, 3.63) is 64.1 Å². The van der Waals surface area contributed by atoms with Gasteiger partial charge in [-0.05, 0) is 64.6 Å². The lowest BCUT2D eigenvalue weighted by molar-refractivity contribution is 0.568. The summed E-state index contributed by atoms with van der Waals surface area (Å²) in [5.41, 5.74) is 2.18. The van der Waals surface area contributed by atoms with Gasteiger partial charge in [0.2, 0.25) is 0 Å². The minimum absolute atomic E-state index is 0.180. The Kier molecular flexibility index (Phi) is 6.33. The average Bonchev–Trinajstić information content (AvgIpc) is 2.46. The van der Waals surface area contributed by atoms with Gasteiger partial charge in [0, 0.05) is 29.3 Å². The van der Waals surface area contributed by atoms with Crippen LogP contribution < -0.4 is 5.32 Å². The van der Waals surface area contributed by atoms with Crippen LogP contribution in [-0.4, -0.2) is 18.1 Å². The van der Waals surface area contributed by atoms with Gasteiger partial charge in [-0.3, -0.25) is 4.98 Å². The summed E-state index contributed by atoms with van der Waals surface area (Å²) in [7, 11) is 0. The molecule has 0 saturated carbocycles. The second kappa shape index (κ2) is 8.25. The molecule has 1 heterocycles. The maximum absolute atomic E-state index is 13.5. The molecule has 1 aromatic carbocycles. The minimum Gasteiger partial charge on any atom is -0.316 e. The van der Waals surface area contributed by atoms with Crippen LogP contribution in [0.5, 0.6) is 0 Å². The standard InChI is InChI=1S/C17H20BrFN2/c1-2-6-20-11-15(14-4-3-5-17(19)9-14)7-13-8-16(18)12-21-10-13/h3-5,8-10,12,15,20H,2,6-7,11H2,1H3. The van der Waals surface area contributed by atoms with E-state index in [1.54, 1.807) is 18.3 Å². The number of aromatic nitrogens is 1. The van der Waals surface area contributed by atoms with Crippen molar-refractivity contribution in [3.63, 3.8) is 0 Å². The normalized spacial score (nSPS) is 12.3. The molecule has 0 spiro atoms. The van der Waals surface area contributed by atoms with Crippen LogP contribution in [-0.2, 0) is 6.42 Å². The van der Waals surface area contributed by atoms with Gasteiger partial charge in [-0.15, -0.1) is 0 Å². The highest BCUT2D eigenvalue weighted by atomic mass is 79.9. The zero-order valence-corrected chi connectivity index (χ0v) is 13.7. The predicted molar refractivity (Wildman–Crippen MR) is 87.9 cm³/mol. The van der Waals surface area contributed by atoms with Gasteiger partial charge in [-0.25, -0.2) is 4.39 Å². The van der Waals surface area contributed by atoms with Crippen molar-refractivity contribution in [2.45, 2.75) is 25.7 Å². The summed E-state index contributed by atoms with van der Waals surface area (Å²) in [6, 6.07) is 8.95. The zero-order valence-electron chi connectivity index (χ0n) is 12.2. The van der Waals surface area contributed by atoms with Gasteiger partial charge in [0.15, 0.2) is 0 Å².